The van der Waals surface area contributed by atoms with Crippen molar-refractivity contribution in [1.82, 2.24) is 25.5 Å². The van der Waals surface area contributed by atoms with Gasteiger partial charge >= 0.3 is 0 Å². The molecule has 1 aromatic carbocycles. The summed E-state index contributed by atoms with van der Waals surface area (Å²) >= 11 is 6.05. The second-order valence-electron chi connectivity index (χ2n) is 7.24. The summed E-state index contributed by atoms with van der Waals surface area (Å²) in [5, 5.41) is 11.7. The van der Waals surface area contributed by atoms with Gasteiger partial charge in [-0.05, 0) is 50.6 Å². The molecule has 1 fully saturated rings. The maximum Gasteiger partial charge on any atom is 0.247 e. The molecule has 0 radical (unpaired) electrons. The van der Waals surface area contributed by atoms with E-state index < -0.39 is 9.84 Å². The Morgan fingerprint density at radius 3 is 2.66 bits per heavy atom. The van der Waals surface area contributed by atoms with Gasteiger partial charge in [0, 0.05) is 40.2 Å². The van der Waals surface area contributed by atoms with E-state index in [-0.39, 0.29) is 11.1 Å². The summed E-state index contributed by atoms with van der Waals surface area (Å²) in [6.45, 7) is 1.92. The largest absolute Gasteiger partial charge is 0.317 e. The SMILES string of the molecule is CS(=O)(=O)c1nccc(-c2c(-c3ccc(Cl)cc3)n[nH]c2C2CCCNCC2)n1. The minimum absolute atomic E-state index is 0.188. The average molecular weight is 432 g/mol. The van der Waals surface area contributed by atoms with Gasteiger partial charge in [-0.1, -0.05) is 23.7 Å². The number of H-pyrrole nitrogens is 1. The standard InChI is InChI=1S/C20H22ClN5O2S/c1-29(27,28)20-23-12-9-16(24-20)17-18(13-3-2-10-22-11-8-13)25-26-19(17)14-4-6-15(21)7-5-14/h4-7,9,12-13,22H,2-3,8,10-11H2,1H3,(H,25,26). The minimum Gasteiger partial charge on any atom is -0.317 e. The van der Waals surface area contributed by atoms with E-state index in [0.29, 0.717) is 10.7 Å². The fourth-order valence-electron chi connectivity index (χ4n) is 3.69. The molecule has 0 aliphatic carbocycles. The maximum atomic E-state index is 12.0. The highest BCUT2D eigenvalue weighted by atomic mass is 35.5. The summed E-state index contributed by atoms with van der Waals surface area (Å²) in [5.74, 6) is 0.283. The van der Waals surface area contributed by atoms with Gasteiger partial charge in [0.1, 0.15) is 5.69 Å². The van der Waals surface area contributed by atoms with Crippen LogP contribution >= 0.6 is 11.6 Å². The zero-order valence-electron chi connectivity index (χ0n) is 16.0. The van der Waals surface area contributed by atoms with E-state index in [0.717, 1.165) is 61.1 Å². The molecule has 2 N–H and O–H groups in total. The molecule has 3 aromatic rings. The van der Waals surface area contributed by atoms with Crippen LogP contribution in [0.25, 0.3) is 22.5 Å². The van der Waals surface area contributed by atoms with Gasteiger partial charge in [0.05, 0.1) is 5.69 Å². The lowest BCUT2D eigenvalue weighted by Crippen LogP contribution is -2.14. The second-order valence-corrected chi connectivity index (χ2v) is 9.59. The number of nitrogens with zero attached hydrogens (tertiary/aromatic N) is 3. The number of aromatic amines is 1. The number of rotatable bonds is 4. The van der Waals surface area contributed by atoms with Crippen LogP contribution in [0.15, 0.2) is 41.7 Å². The third-order valence-electron chi connectivity index (χ3n) is 5.12. The minimum atomic E-state index is -3.52. The molecule has 1 atom stereocenters. The predicted molar refractivity (Wildman–Crippen MR) is 113 cm³/mol. The summed E-state index contributed by atoms with van der Waals surface area (Å²) in [6.07, 6.45) is 5.65. The van der Waals surface area contributed by atoms with E-state index in [1.54, 1.807) is 6.07 Å². The number of hydrogen-bond donors (Lipinski definition) is 2. The van der Waals surface area contributed by atoms with Crippen molar-refractivity contribution in [3.05, 3.63) is 47.2 Å². The highest BCUT2D eigenvalue weighted by Gasteiger charge is 2.26. The summed E-state index contributed by atoms with van der Waals surface area (Å²) < 4.78 is 24.0. The second kappa shape index (κ2) is 8.22. The first-order valence-electron chi connectivity index (χ1n) is 9.52. The molecule has 0 saturated carbocycles. The zero-order chi connectivity index (χ0) is 20.4. The van der Waals surface area contributed by atoms with E-state index in [1.807, 2.05) is 24.3 Å². The van der Waals surface area contributed by atoms with Crippen LogP contribution in [0.5, 0.6) is 0 Å². The van der Waals surface area contributed by atoms with Crippen molar-refractivity contribution in [2.24, 2.45) is 0 Å². The molecule has 0 spiro atoms. The highest BCUT2D eigenvalue weighted by Crippen LogP contribution is 2.38. The van der Waals surface area contributed by atoms with Gasteiger partial charge in [0.15, 0.2) is 0 Å². The first-order valence-corrected chi connectivity index (χ1v) is 11.8. The van der Waals surface area contributed by atoms with E-state index in [9.17, 15) is 8.42 Å². The van der Waals surface area contributed by atoms with Crippen molar-refractivity contribution in [2.75, 3.05) is 19.3 Å². The van der Waals surface area contributed by atoms with Crippen LogP contribution in [-0.2, 0) is 9.84 Å². The Morgan fingerprint density at radius 1 is 1.10 bits per heavy atom. The molecule has 2 aromatic heterocycles. The van der Waals surface area contributed by atoms with Gasteiger partial charge < -0.3 is 5.32 Å². The van der Waals surface area contributed by atoms with Crippen LogP contribution in [0, 0.1) is 0 Å². The van der Waals surface area contributed by atoms with Gasteiger partial charge in [-0.25, -0.2) is 18.4 Å². The van der Waals surface area contributed by atoms with Crippen molar-refractivity contribution < 1.29 is 8.42 Å². The predicted octanol–water partition coefficient (Wildman–Crippen LogP) is 3.45. The maximum absolute atomic E-state index is 12.0. The Balaban J connectivity index is 1.89. The van der Waals surface area contributed by atoms with Crippen molar-refractivity contribution in [2.45, 2.75) is 30.3 Å². The van der Waals surface area contributed by atoms with E-state index in [4.69, 9.17) is 11.6 Å². The normalized spacial score (nSPS) is 17.8. The summed E-state index contributed by atoms with van der Waals surface area (Å²) in [4.78, 5) is 8.30. The Kier molecular flexibility index (Phi) is 5.67. The first kappa shape index (κ1) is 20.0. The average Bonchev–Trinajstić information content (AvgIpc) is 2.96. The van der Waals surface area contributed by atoms with Crippen molar-refractivity contribution in [1.29, 1.82) is 0 Å². The molecule has 7 nitrogen and oxygen atoms in total. The molecule has 1 unspecified atom stereocenters. The molecule has 1 aliphatic rings. The van der Waals surface area contributed by atoms with E-state index >= 15 is 0 Å². The third kappa shape index (κ3) is 4.34. The molecular weight excluding hydrogens is 410 g/mol. The van der Waals surface area contributed by atoms with Crippen LogP contribution in [0.4, 0.5) is 0 Å². The van der Waals surface area contributed by atoms with Crippen LogP contribution in [0.2, 0.25) is 5.02 Å². The highest BCUT2D eigenvalue weighted by molar-refractivity contribution is 7.90. The molecule has 3 heterocycles. The Bertz CT molecular complexity index is 1100. The topological polar surface area (TPSA) is 101 Å². The number of halogens is 1. The summed E-state index contributed by atoms with van der Waals surface area (Å²) in [5.41, 5.74) is 3.97. The molecule has 4 rings (SSSR count). The molecule has 1 saturated heterocycles. The number of sulfone groups is 1. The molecule has 0 amide bonds. The quantitative estimate of drug-likeness (QED) is 0.613. The van der Waals surface area contributed by atoms with Crippen LogP contribution in [0.3, 0.4) is 0 Å². The number of benzene rings is 1. The van der Waals surface area contributed by atoms with Gasteiger partial charge in [-0.2, -0.15) is 5.10 Å². The number of hydrogen-bond acceptors (Lipinski definition) is 6. The Labute approximate surface area is 174 Å². The smallest absolute Gasteiger partial charge is 0.247 e. The fourth-order valence-corrected chi connectivity index (χ4v) is 4.34. The van der Waals surface area contributed by atoms with Gasteiger partial charge in [-0.3, -0.25) is 5.10 Å². The monoisotopic (exact) mass is 431 g/mol. The van der Waals surface area contributed by atoms with E-state index in [2.05, 4.69) is 25.5 Å². The molecule has 152 valence electrons. The van der Waals surface area contributed by atoms with E-state index in [1.165, 1.54) is 6.20 Å². The zero-order valence-corrected chi connectivity index (χ0v) is 17.6. The molecule has 0 bridgehead atoms. The number of aromatic nitrogens is 4. The summed E-state index contributed by atoms with van der Waals surface area (Å²) in [6, 6.07) is 9.16. The van der Waals surface area contributed by atoms with Crippen molar-refractivity contribution in [3.63, 3.8) is 0 Å². The lowest BCUT2D eigenvalue weighted by molar-refractivity contribution is 0.591. The van der Waals surface area contributed by atoms with Gasteiger partial charge in [0.25, 0.3) is 0 Å². The van der Waals surface area contributed by atoms with Crippen molar-refractivity contribution in [3.8, 4) is 22.5 Å². The van der Waals surface area contributed by atoms with Gasteiger partial charge in [-0.15, -0.1) is 0 Å². The molecule has 9 heteroatoms. The molecule has 29 heavy (non-hydrogen) atoms. The molecular formula is C20H22ClN5O2S. The Hall–Kier alpha value is -2.29. The molecule has 1 aliphatic heterocycles. The lowest BCUT2D eigenvalue weighted by Gasteiger charge is -2.15. The van der Waals surface area contributed by atoms with Crippen LogP contribution in [-0.4, -0.2) is 47.9 Å². The van der Waals surface area contributed by atoms with Crippen molar-refractivity contribution >= 4 is 21.4 Å². The number of nitrogens with one attached hydrogen (secondary N) is 2. The summed E-state index contributed by atoms with van der Waals surface area (Å²) in [7, 11) is -3.52. The third-order valence-corrected chi connectivity index (χ3v) is 6.23. The first-order chi connectivity index (χ1) is 13.9. The van der Waals surface area contributed by atoms with Crippen LogP contribution in [0.1, 0.15) is 30.9 Å². The fraction of sp³-hybridized carbons (Fsp3) is 0.350. The van der Waals surface area contributed by atoms with Gasteiger partial charge in [0.2, 0.25) is 15.0 Å². The Morgan fingerprint density at radius 2 is 1.90 bits per heavy atom. The van der Waals surface area contributed by atoms with Crippen LogP contribution < -0.4 is 5.32 Å². The lowest BCUT2D eigenvalue weighted by atomic mass is 9.91.